The standard InChI is InChI=1S/C16H18F2N2O3/c1-16(10-2-3-11(17)12(18)6-10)7-13(16)19-15(23)20-5-4-9(8-20)14(21)22/h2-3,6,9,13H,4-5,7-8H2,1H3,(H,19,23)(H,21,22). The number of nitrogens with zero attached hydrogens (tertiary/aromatic N) is 1. The summed E-state index contributed by atoms with van der Waals surface area (Å²) >= 11 is 0. The van der Waals surface area contributed by atoms with Crippen LogP contribution in [-0.4, -0.2) is 41.1 Å². The molecule has 1 saturated carbocycles. The first-order valence-electron chi connectivity index (χ1n) is 7.55. The number of aliphatic carboxylic acids is 1. The molecule has 5 nitrogen and oxygen atoms in total. The summed E-state index contributed by atoms with van der Waals surface area (Å²) in [4.78, 5) is 24.6. The number of carboxylic acid groups (broad SMARTS) is 1. The van der Waals surface area contributed by atoms with Gasteiger partial charge in [0.1, 0.15) is 0 Å². The largest absolute Gasteiger partial charge is 0.481 e. The van der Waals surface area contributed by atoms with Crippen molar-refractivity contribution in [3.8, 4) is 0 Å². The summed E-state index contributed by atoms with van der Waals surface area (Å²) in [5, 5.41) is 11.8. The molecule has 2 N–H and O–H groups in total. The van der Waals surface area contributed by atoms with E-state index in [4.69, 9.17) is 5.11 Å². The van der Waals surface area contributed by atoms with E-state index >= 15 is 0 Å². The lowest BCUT2D eigenvalue weighted by atomic mass is 9.97. The van der Waals surface area contributed by atoms with Gasteiger partial charge in [-0.2, -0.15) is 0 Å². The van der Waals surface area contributed by atoms with Gasteiger partial charge in [0, 0.05) is 24.5 Å². The van der Waals surface area contributed by atoms with Crippen LogP contribution in [0.3, 0.4) is 0 Å². The molecule has 0 bridgehead atoms. The highest BCUT2D eigenvalue weighted by Crippen LogP contribution is 2.48. The fourth-order valence-corrected chi connectivity index (χ4v) is 3.13. The van der Waals surface area contributed by atoms with E-state index in [9.17, 15) is 18.4 Å². The average molecular weight is 324 g/mol. The second-order valence-electron chi connectivity index (χ2n) is 6.52. The Kier molecular flexibility index (Phi) is 3.74. The van der Waals surface area contributed by atoms with Gasteiger partial charge < -0.3 is 15.3 Å². The molecule has 1 aliphatic heterocycles. The van der Waals surface area contributed by atoms with Crippen LogP contribution in [0.5, 0.6) is 0 Å². The maximum absolute atomic E-state index is 13.4. The molecular formula is C16H18F2N2O3. The Bertz CT molecular complexity index is 667. The van der Waals surface area contributed by atoms with Crippen molar-refractivity contribution in [1.82, 2.24) is 10.2 Å². The Balaban J connectivity index is 1.61. The van der Waals surface area contributed by atoms with Crippen LogP contribution in [0.2, 0.25) is 0 Å². The molecule has 124 valence electrons. The number of likely N-dealkylation sites (tertiary alicyclic amines) is 1. The number of nitrogens with one attached hydrogen (secondary N) is 1. The van der Waals surface area contributed by atoms with Crippen molar-refractivity contribution >= 4 is 12.0 Å². The van der Waals surface area contributed by atoms with E-state index in [-0.39, 0.29) is 18.6 Å². The molecule has 2 aliphatic rings. The van der Waals surface area contributed by atoms with Gasteiger partial charge in [-0.3, -0.25) is 4.79 Å². The van der Waals surface area contributed by atoms with Crippen LogP contribution in [0, 0.1) is 17.6 Å². The monoisotopic (exact) mass is 324 g/mol. The van der Waals surface area contributed by atoms with Gasteiger partial charge in [0.2, 0.25) is 0 Å². The number of hydrogen-bond acceptors (Lipinski definition) is 2. The minimum absolute atomic E-state index is 0.163. The van der Waals surface area contributed by atoms with Crippen LogP contribution < -0.4 is 5.32 Å². The number of benzene rings is 1. The van der Waals surface area contributed by atoms with Crippen molar-refractivity contribution in [2.45, 2.75) is 31.2 Å². The lowest BCUT2D eigenvalue weighted by molar-refractivity contribution is -0.141. The number of rotatable bonds is 3. The molecule has 23 heavy (non-hydrogen) atoms. The van der Waals surface area contributed by atoms with E-state index in [2.05, 4.69) is 5.32 Å². The molecule has 1 aromatic rings. The number of carboxylic acids is 1. The summed E-state index contributed by atoms with van der Waals surface area (Å²) < 4.78 is 26.4. The number of carbonyl (C=O) groups is 2. The normalized spacial score (nSPS) is 29.4. The Hall–Kier alpha value is -2.18. The molecule has 1 aliphatic carbocycles. The van der Waals surface area contributed by atoms with Crippen molar-refractivity contribution in [2.24, 2.45) is 5.92 Å². The predicted molar refractivity (Wildman–Crippen MR) is 78.0 cm³/mol. The van der Waals surface area contributed by atoms with Gasteiger partial charge in [0.25, 0.3) is 0 Å². The summed E-state index contributed by atoms with van der Waals surface area (Å²) in [5.41, 5.74) is 0.224. The van der Waals surface area contributed by atoms with Crippen LogP contribution >= 0.6 is 0 Å². The van der Waals surface area contributed by atoms with E-state index in [1.807, 2.05) is 6.92 Å². The van der Waals surface area contributed by atoms with Gasteiger partial charge in [-0.05, 0) is 30.5 Å². The Labute approximate surface area is 132 Å². The first-order chi connectivity index (χ1) is 10.8. The molecule has 7 heteroatoms. The zero-order chi connectivity index (χ0) is 16.8. The topological polar surface area (TPSA) is 69.6 Å². The smallest absolute Gasteiger partial charge is 0.317 e. The van der Waals surface area contributed by atoms with Crippen LogP contribution in [-0.2, 0) is 10.2 Å². The van der Waals surface area contributed by atoms with Crippen LogP contribution in [0.1, 0.15) is 25.3 Å². The van der Waals surface area contributed by atoms with Gasteiger partial charge in [0.15, 0.2) is 11.6 Å². The van der Waals surface area contributed by atoms with Gasteiger partial charge in [0.05, 0.1) is 5.92 Å². The van der Waals surface area contributed by atoms with E-state index in [0.29, 0.717) is 24.9 Å². The van der Waals surface area contributed by atoms with Gasteiger partial charge in [-0.25, -0.2) is 13.6 Å². The van der Waals surface area contributed by atoms with E-state index < -0.39 is 28.9 Å². The summed E-state index contributed by atoms with van der Waals surface area (Å²) in [6.07, 6.45) is 1.09. The molecule has 0 aromatic heterocycles. The molecule has 3 unspecified atom stereocenters. The summed E-state index contributed by atoms with van der Waals surface area (Å²) in [6, 6.07) is 3.32. The summed E-state index contributed by atoms with van der Waals surface area (Å²) in [7, 11) is 0. The molecular weight excluding hydrogens is 306 g/mol. The highest BCUT2D eigenvalue weighted by molar-refractivity contribution is 5.78. The second-order valence-corrected chi connectivity index (χ2v) is 6.52. The Morgan fingerprint density at radius 3 is 2.70 bits per heavy atom. The zero-order valence-electron chi connectivity index (χ0n) is 12.7. The van der Waals surface area contributed by atoms with Gasteiger partial charge in [-0.15, -0.1) is 0 Å². The van der Waals surface area contributed by atoms with E-state index in [0.717, 1.165) is 12.1 Å². The quantitative estimate of drug-likeness (QED) is 0.895. The zero-order valence-corrected chi connectivity index (χ0v) is 12.7. The van der Waals surface area contributed by atoms with Crippen LogP contribution in [0.4, 0.5) is 13.6 Å². The number of urea groups is 1. The minimum atomic E-state index is -0.899. The molecule has 3 atom stereocenters. The number of amides is 2. The molecule has 0 spiro atoms. The van der Waals surface area contributed by atoms with Crippen LogP contribution in [0.25, 0.3) is 0 Å². The molecule has 1 saturated heterocycles. The highest BCUT2D eigenvalue weighted by atomic mass is 19.2. The molecule has 3 rings (SSSR count). The number of hydrogen-bond donors (Lipinski definition) is 2. The third-order valence-electron chi connectivity index (χ3n) is 4.94. The Morgan fingerprint density at radius 2 is 2.09 bits per heavy atom. The summed E-state index contributed by atoms with van der Waals surface area (Å²) in [6.45, 7) is 2.50. The molecule has 1 aromatic carbocycles. The highest BCUT2D eigenvalue weighted by Gasteiger charge is 2.53. The third-order valence-corrected chi connectivity index (χ3v) is 4.94. The molecule has 0 radical (unpaired) electrons. The summed E-state index contributed by atoms with van der Waals surface area (Å²) in [5.74, 6) is -3.20. The fourth-order valence-electron chi connectivity index (χ4n) is 3.13. The van der Waals surface area contributed by atoms with Crippen molar-refractivity contribution in [3.63, 3.8) is 0 Å². The number of halogens is 2. The second kappa shape index (κ2) is 5.47. The molecule has 2 fully saturated rings. The predicted octanol–water partition coefficient (Wildman–Crippen LogP) is 2.11. The van der Waals surface area contributed by atoms with Crippen molar-refractivity contribution in [1.29, 1.82) is 0 Å². The van der Waals surface area contributed by atoms with Crippen molar-refractivity contribution in [3.05, 3.63) is 35.4 Å². The molecule has 1 heterocycles. The SMILES string of the molecule is CC1(c2ccc(F)c(F)c2)CC1NC(=O)N1CCC(C(=O)O)C1. The maximum Gasteiger partial charge on any atom is 0.317 e. The van der Waals surface area contributed by atoms with Gasteiger partial charge >= 0.3 is 12.0 Å². The Morgan fingerprint density at radius 1 is 1.35 bits per heavy atom. The van der Waals surface area contributed by atoms with Crippen molar-refractivity contribution in [2.75, 3.05) is 13.1 Å². The van der Waals surface area contributed by atoms with Crippen molar-refractivity contribution < 1.29 is 23.5 Å². The lowest BCUT2D eigenvalue weighted by Crippen LogP contribution is -2.41. The number of carbonyl (C=O) groups excluding carboxylic acids is 1. The van der Waals surface area contributed by atoms with E-state index in [1.165, 1.54) is 11.0 Å². The third kappa shape index (κ3) is 2.87. The lowest BCUT2D eigenvalue weighted by Gasteiger charge is -2.19. The fraction of sp³-hybridized carbons (Fsp3) is 0.500. The first kappa shape index (κ1) is 15.7. The first-order valence-corrected chi connectivity index (χ1v) is 7.55. The van der Waals surface area contributed by atoms with E-state index in [1.54, 1.807) is 0 Å². The minimum Gasteiger partial charge on any atom is -0.481 e. The molecule has 2 amide bonds. The van der Waals surface area contributed by atoms with Crippen LogP contribution in [0.15, 0.2) is 18.2 Å². The maximum atomic E-state index is 13.4. The average Bonchev–Trinajstić information content (AvgIpc) is 2.95. The van der Waals surface area contributed by atoms with Gasteiger partial charge in [-0.1, -0.05) is 13.0 Å².